The summed E-state index contributed by atoms with van der Waals surface area (Å²) in [6, 6.07) is 17.6. The van der Waals surface area contributed by atoms with Gasteiger partial charge in [-0.2, -0.15) is 9.78 Å². The van der Waals surface area contributed by atoms with E-state index in [1.165, 1.54) is 31.6 Å². The van der Waals surface area contributed by atoms with Gasteiger partial charge in [-0.1, -0.05) is 18.2 Å². The maximum Gasteiger partial charge on any atom is 0.275 e. The zero-order chi connectivity index (χ0) is 22.5. The normalized spacial score (nSPS) is 10.6. The molecule has 2 heterocycles. The van der Waals surface area contributed by atoms with E-state index in [1.54, 1.807) is 42.5 Å². The van der Waals surface area contributed by atoms with Gasteiger partial charge in [0.25, 0.3) is 11.5 Å². The van der Waals surface area contributed by atoms with Crippen LogP contribution in [0.25, 0.3) is 16.9 Å². The number of aromatic nitrogens is 4. The van der Waals surface area contributed by atoms with Crippen LogP contribution in [0, 0.1) is 5.82 Å². The number of amides is 1. The maximum atomic E-state index is 13.2. The average Bonchev–Trinajstić information content (AvgIpc) is 2.83. The second kappa shape index (κ2) is 9.17. The highest BCUT2D eigenvalue weighted by atomic mass is 19.1. The Morgan fingerprint density at radius 1 is 1.06 bits per heavy atom. The van der Waals surface area contributed by atoms with Crippen LogP contribution in [0.5, 0.6) is 5.75 Å². The summed E-state index contributed by atoms with van der Waals surface area (Å²) in [5.41, 5.74) is 1.92. The second-order valence-corrected chi connectivity index (χ2v) is 6.73. The summed E-state index contributed by atoms with van der Waals surface area (Å²) in [5.74, 6) is -0.809. The number of para-hydroxylation sites is 1. The average molecular weight is 431 g/mol. The van der Waals surface area contributed by atoms with Crippen LogP contribution in [0.2, 0.25) is 0 Å². The Morgan fingerprint density at radius 2 is 1.81 bits per heavy atom. The number of nitrogens with zero attached hydrogens (tertiary/aromatic N) is 4. The Bertz CT molecular complexity index is 1310. The first-order chi connectivity index (χ1) is 15.5. The molecule has 0 fully saturated rings. The Hall–Kier alpha value is -4.40. The van der Waals surface area contributed by atoms with Crippen molar-refractivity contribution in [3.8, 4) is 22.7 Å². The minimum atomic E-state index is -0.534. The molecule has 0 bridgehead atoms. The molecule has 2 aromatic heterocycles. The van der Waals surface area contributed by atoms with E-state index in [4.69, 9.17) is 4.74 Å². The molecule has 0 saturated heterocycles. The molecular weight excluding hydrogens is 413 g/mol. The molecule has 8 nitrogen and oxygen atoms in total. The molecule has 0 aliphatic heterocycles. The molecule has 0 saturated carbocycles. The number of methoxy groups -OCH3 is 1. The minimum Gasteiger partial charge on any atom is -0.494 e. The first kappa shape index (κ1) is 20.9. The predicted molar refractivity (Wildman–Crippen MR) is 115 cm³/mol. The number of carbonyl (C=O) groups is 1. The van der Waals surface area contributed by atoms with Crippen molar-refractivity contribution in [3.05, 3.63) is 101 Å². The van der Waals surface area contributed by atoms with Crippen molar-refractivity contribution in [1.29, 1.82) is 0 Å². The van der Waals surface area contributed by atoms with Crippen LogP contribution in [-0.4, -0.2) is 32.8 Å². The lowest BCUT2D eigenvalue weighted by molar-refractivity contribution is 0.0940. The fourth-order valence-corrected chi connectivity index (χ4v) is 3.03. The number of hydrogen-bond donors (Lipinski definition) is 1. The van der Waals surface area contributed by atoms with Gasteiger partial charge >= 0.3 is 0 Å². The maximum absolute atomic E-state index is 13.2. The summed E-state index contributed by atoms with van der Waals surface area (Å²) in [6.45, 7) is 0.0881. The van der Waals surface area contributed by atoms with E-state index in [1.807, 2.05) is 6.07 Å². The molecule has 32 heavy (non-hydrogen) atoms. The van der Waals surface area contributed by atoms with Gasteiger partial charge in [-0.05, 0) is 42.5 Å². The van der Waals surface area contributed by atoms with Gasteiger partial charge < -0.3 is 10.1 Å². The van der Waals surface area contributed by atoms with Crippen LogP contribution in [0.4, 0.5) is 4.39 Å². The first-order valence-corrected chi connectivity index (χ1v) is 9.64. The Balaban J connectivity index is 1.56. The fraction of sp³-hybridized carbons (Fsp3) is 0.0870. The Labute approximate surface area is 182 Å². The highest BCUT2D eigenvalue weighted by Crippen LogP contribution is 2.18. The summed E-state index contributed by atoms with van der Waals surface area (Å²) < 4.78 is 19.5. The van der Waals surface area contributed by atoms with Crippen molar-refractivity contribution < 1.29 is 13.9 Å². The standard InChI is InChI=1S/C23H18FN5O3/c1-32-20-12-21(30)29(18-5-3-2-4-6-18)28-22(20)23(31)25-13-17-11-19(27-14-26-17)15-7-9-16(24)10-8-15/h2-12,14H,13H2,1H3,(H,25,31). The minimum absolute atomic E-state index is 0.0382. The molecule has 9 heteroatoms. The lowest BCUT2D eigenvalue weighted by atomic mass is 10.1. The van der Waals surface area contributed by atoms with Crippen LogP contribution < -0.4 is 15.6 Å². The molecule has 0 unspecified atom stereocenters. The zero-order valence-corrected chi connectivity index (χ0v) is 17.0. The van der Waals surface area contributed by atoms with Gasteiger partial charge in [-0.3, -0.25) is 9.59 Å². The van der Waals surface area contributed by atoms with E-state index >= 15 is 0 Å². The number of nitrogens with one attached hydrogen (secondary N) is 1. The van der Waals surface area contributed by atoms with E-state index in [9.17, 15) is 14.0 Å². The predicted octanol–water partition coefficient (Wildman–Crippen LogP) is 2.77. The highest BCUT2D eigenvalue weighted by Gasteiger charge is 2.18. The Morgan fingerprint density at radius 3 is 2.53 bits per heavy atom. The molecule has 2 aromatic carbocycles. The van der Waals surface area contributed by atoms with Crippen LogP contribution >= 0.6 is 0 Å². The third-order valence-corrected chi connectivity index (χ3v) is 4.63. The van der Waals surface area contributed by atoms with Gasteiger partial charge in [-0.25, -0.2) is 14.4 Å². The number of carbonyl (C=O) groups excluding carboxylic acids is 1. The molecule has 0 atom stereocenters. The molecule has 160 valence electrons. The summed E-state index contributed by atoms with van der Waals surface area (Å²) in [5, 5.41) is 6.93. The van der Waals surface area contributed by atoms with Gasteiger partial charge in [0.2, 0.25) is 0 Å². The SMILES string of the molecule is COc1cc(=O)n(-c2ccccc2)nc1C(=O)NCc1cc(-c2ccc(F)cc2)ncn1. The molecule has 4 aromatic rings. The van der Waals surface area contributed by atoms with Crippen molar-refractivity contribution in [1.82, 2.24) is 25.1 Å². The van der Waals surface area contributed by atoms with Gasteiger partial charge in [0.05, 0.1) is 36.8 Å². The largest absolute Gasteiger partial charge is 0.494 e. The van der Waals surface area contributed by atoms with E-state index in [0.717, 1.165) is 10.2 Å². The number of ether oxygens (including phenoxy) is 1. The lowest BCUT2D eigenvalue weighted by Gasteiger charge is -2.11. The first-order valence-electron chi connectivity index (χ1n) is 9.64. The van der Waals surface area contributed by atoms with Crippen LogP contribution in [0.1, 0.15) is 16.2 Å². The number of hydrogen-bond acceptors (Lipinski definition) is 6. The van der Waals surface area contributed by atoms with Crippen LogP contribution in [0.15, 0.2) is 77.9 Å². The van der Waals surface area contributed by atoms with Gasteiger partial charge in [-0.15, -0.1) is 0 Å². The molecule has 0 aliphatic rings. The van der Waals surface area contributed by atoms with Gasteiger partial charge in [0, 0.05) is 5.56 Å². The third kappa shape index (κ3) is 4.51. The van der Waals surface area contributed by atoms with E-state index in [2.05, 4.69) is 20.4 Å². The molecule has 4 rings (SSSR count). The lowest BCUT2D eigenvalue weighted by Crippen LogP contribution is -2.29. The van der Waals surface area contributed by atoms with Gasteiger partial charge in [0.15, 0.2) is 11.4 Å². The topological polar surface area (TPSA) is 99.0 Å². The third-order valence-electron chi connectivity index (χ3n) is 4.63. The zero-order valence-electron chi connectivity index (χ0n) is 17.0. The fourth-order valence-electron chi connectivity index (χ4n) is 3.03. The Kier molecular flexibility index (Phi) is 5.98. The quantitative estimate of drug-likeness (QED) is 0.504. The summed E-state index contributed by atoms with van der Waals surface area (Å²) >= 11 is 0. The number of rotatable bonds is 6. The van der Waals surface area contributed by atoms with Crippen molar-refractivity contribution in [2.45, 2.75) is 6.54 Å². The van der Waals surface area contributed by atoms with Gasteiger partial charge in [0.1, 0.15) is 12.1 Å². The molecular formula is C23H18FN5O3. The smallest absolute Gasteiger partial charge is 0.275 e. The van der Waals surface area contributed by atoms with Crippen molar-refractivity contribution >= 4 is 5.91 Å². The van der Waals surface area contributed by atoms with E-state index in [-0.39, 0.29) is 23.8 Å². The van der Waals surface area contributed by atoms with Crippen LogP contribution in [0.3, 0.4) is 0 Å². The molecule has 0 spiro atoms. The summed E-state index contributed by atoms with van der Waals surface area (Å²) in [4.78, 5) is 33.6. The van der Waals surface area contributed by atoms with E-state index < -0.39 is 11.5 Å². The van der Waals surface area contributed by atoms with Crippen molar-refractivity contribution in [3.63, 3.8) is 0 Å². The molecule has 1 amide bonds. The second-order valence-electron chi connectivity index (χ2n) is 6.73. The molecule has 0 aliphatic carbocycles. The number of halogens is 1. The van der Waals surface area contributed by atoms with Crippen molar-refractivity contribution in [2.75, 3.05) is 7.11 Å². The highest BCUT2D eigenvalue weighted by molar-refractivity contribution is 5.94. The van der Waals surface area contributed by atoms with Crippen LogP contribution in [-0.2, 0) is 6.54 Å². The molecule has 1 N–H and O–H groups in total. The summed E-state index contributed by atoms with van der Waals surface area (Å²) in [7, 11) is 1.36. The molecule has 0 radical (unpaired) electrons. The number of benzene rings is 2. The van der Waals surface area contributed by atoms with E-state index in [0.29, 0.717) is 17.1 Å². The van der Waals surface area contributed by atoms with Crippen molar-refractivity contribution in [2.24, 2.45) is 0 Å². The summed E-state index contributed by atoms with van der Waals surface area (Å²) in [6.07, 6.45) is 1.37. The monoisotopic (exact) mass is 431 g/mol.